The molecule has 1 N–H and O–H groups in total. The van der Waals surface area contributed by atoms with Gasteiger partial charge in [0.1, 0.15) is 0 Å². The molecule has 4 rings (SSSR count). The highest BCUT2D eigenvalue weighted by molar-refractivity contribution is 6.31. The molecule has 9 heteroatoms. The molecule has 1 atom stereocenters. The lowest BCUT2D eigenvalue weighted by molar-refractivity contribution is -0.121. The standard InChI is InChI=1S/C25H29ClN4O4/c1-32-21-10-9-17(15-22(21)33-2)25-28-24(34-29-25)12-11-23(31)27-16-20(30-13-5-6-14-30)18-7-3-4-8-19(18)26/h3-4,7-10,15,20H,5-6,11-14,16H2,1-2H3,(H,27,31). The topological polar surface area (TPSA) is 89.7 Å². The molecule has 1 aliphatic rings. The van der Waals surface area contributed by atoms with Crippen LogP contribution >= 0.6 is 11.6 Å². The maximum atomic E-state index is 12.6. The zero-order valence-electron chi connectivity index (χ0n) is 19.4. The van der Waals surface area contributed by atoms with E-state index in [1.807, 2.05) is 30.3 Å². The van der Waals surface area contributed by atoms with Crippen molar-refractivity contribution in [2.45, 2.75) is 31.7 Å². The van der Waals surface area contributed by atoms with Gasteiger partial charge in [0.15, 0.2) is 11.5 Å². The van der Waals surface area contributed by atoms with Gasteiger partial charge in [0.2, 0.25) is 17.6 Å². The van der Waals surface area contributed by atoms with Crippen molar-refractivity contribution in [2.75, 3.05) is 33.9 Å². The van der Waals surface area contributed by atoms with Gasteiger partial charge in [-0.2, -0.15) is 4.98 Å². The van der Waals surface area contributed by atoms with Gasteiger partial charge in [-0.3, -0.25) is 9.69 Å². The highest BCUT2D eigenvalue weighted by Crippen LogP contribution is 2.31. The van der Waals surface area contributed by atoms with E-state index >= 15 is 0 Å². The highest BCUT2D eigenvalue weighted by atomic mass is 35.5. The SMILES string of the molecule is COc1ccc(-c2noc(CCC(=O)NCC(c3ccccc3Cl)N3CCCC3)n2)cc1OC. The van der Waals surface area contributed by atoms with Crippen molar-refractivity contribution in [1.29, 1.82) is 0 Å². The maximum absolute atomic E-state index is 12.6. The van der Waals surface area contributed by atoms with Crippen molar-refractivity contribution >= 4 is 17.5 Å². The lowest BCUT2D eigenvalue weighted by Crippen LogP contribution is -2.37. The van der Waals surface area contributed by atoms with Crippen LogP contribution < -0.4 is 14.8 Å². The number of aromatic nitrogens is 2. The third kappa shape index (κ3) is 5.69. The second kappa shape index (κ2) is 11.4. The Morgan fingerprint density at radius 1 is 1.15 bits per heavy atom. The molecule has 0 aliphatic carbocycles. The van der Waals surface area contributed by atoms with Gasteiger partial charge in [0.05, 0.1) is 20.3 Å². The molecule has 0 radical (unpaired) electrons. The summed E-state index contributed by atoms with van der Waals surface area (Å²) in [5.41, 5.74) is 1.79. The summed E-state index contributed by atoms with van der Waals surface area (Å²) in [5, 5.41) is 7.82. The number of hydrogen-bond acceptors (Lipinski definition) is 7. The van der Waals surface area contributed by atoms with Crippen molar-refractivity contribution in [2.24, 2.45) is 0 Å². The number of carbonyl (C=O) groups excluding carboxylic acids is 1. The second-order valence-corrected chi connectivity index (χ2v) is 8.57. The van der Waals surface area contributed by atoms with E-state index in [4.69, 9.17) is 25.6 Å². The lowest BCUT2D eigenvalue weighted by atomic mass is 10.1. The van der Waals surface area contributed by atoms with E-state index in [-0.39, 0.29) is 18.4 Å². The predicted octanol–water partition coefficient (Wildman–Crippen LogP) is 4.29. The molecule has 2 heterocycles. The van der Waals surface area contributed by atoms with Gasteiger partial charge in [-0.25, -0.2) is 0 Å². The first-order chi connectivity index (χ1) is 16.6. The van der Waals surface area contributed by atoms with Crippen molar-refractivity contribution in [1.82, 2.24) is 20.4 Å². The lowest BCUT2D eigenvalue weighted by Gasteiger charge is -2.29. The van der Waals surface area contributed by atoms with Crippen LogP contribution in [0.1, 0.15) is 36.8 Å². The normalized spacial score (nSPS) is 14.7. The van der Waals surface area contributed by atoms with E-state index in [9.17, 15) is 4.79 Å². The summed E-state index contributed by atoms with van der Waals surface area (Å²) in [6.07, 6.45) is 2.93. The van der Waals surface area contributed by atoms with Crippen LogP contribution in [-0.2, 0) is 11.2 Å². The third-order valence-electron chi connectivity index (χ3n) is 6.01. The molecule has 2 aromatic carbocycles. The fourth-order valence-corrected chi connectivity index (χ4v) is 4.46. The first kappa shape index (κ1) is 24.0. The minimum Gasteiger partial charge on any atom is -0.493 e. The Bertz CT molecular complexity index is 1110. The van der Waals surface area contributed by atoms with Crippen LogP contribution in [0, 0.1) is 0 Å². The minimum atomic E-state index is -0.0675. The molecular weight excluding hydrogens is 456 g/mol. The predicted molar refractivity (Wildman–Crippen MR) is 129 cm³/mol. The zero-order valence-corrected chi connectivity index (χ0v) is 20.2. The molecule has 0 saturated carbocycles. The Morgan fingerprint density at radius 2 is 1.91 bits per heavy atom. The average molecular weight is 485 g/mol. The Balaban J connectivity index is 1.34. The second-order valence-electron chi connectivity index (χ2n) is 8.17. The summed E-state index contributed by atoms with van der Waals surface area (Å²) < 4.78 is 15.9. The summed E-state index contributed by atoms with van der Waals surface area (Å²) in [4.78, 5) is 19.4. The van der Waals surface area contributed by atoms with Crippen LogP contribution in [0.15, 0.2) is 47.0 Å². The number of rotatable bonds is 10. The van der Waals surface area contributed by atoms with Gasteiger partial charge in [-0.05, 0) is 55.8 Å². The van der Waals surface area contributed by atoms with Crippen LogP contribution in [-0.4, -0.2) is 54.8 Å². The number of nitrogens with one attached hydrogen (secondary N) is 1. The molecule has 180 valence electrons. The van der Waals surface area contributed by atoms with Gasteiger partial charge >= 0.3 is 0 Å². The molecule has 3 aromatic rings. The number of aryl methyl sites for hydroxylation is 1. The fraction of sp³-hybridized carbons (Fsp3) is 0.400. The minimum absolute atomic E-state index is 0.0557. The van der Waals surface area contributed by atoms with E-state index in [0.29, 0.717) is 36.2 Å². The maximum Gasteiger partial charge on any atom is 0.227 e. The van der Waals surface area contributed by atoms with Crippen LogP contribution in [0.25, 0.3) is 11.4 Å². The first-order valence-corrected chi connectivity index (χ1v) is 11.8. The van der Waals surface area contributed by atoms with Crippen LogP contribution in [0.4, 0.5) is 0 Å². The molecule has 1 saturated heterocycles. The molecule has 1 unspecified atom stereocenters. The summed E-state index contributed by atoms with van der Waals surface area (Å²) in [6.45, 7) is 2.52. The molecule has 0 bridgehead atoms. The number of nitrogens with zero attached hydrogens (tertiary/aromatic N) is 3. The van der Waals surface area contributed by atoms with Crippen LogP contribution in [0.5, 0.6) is 11.5 Å². The van der Waals surface area contributed by atoms with Gasteiger partial charge in [0, 0.05) is 30.0 Å². The molecule has 8 nitrogen and oxygen atoms in total. The van der Waals surface area contributed by atoms with Crippen LogP contribution in [0.3, 0.4) is 0 Å². The summed E-state index contributed by atoms with van der Waals surface area (Å²) in [5.74, 6) is 1.97. The molecule has 0 spiro atoms. The summed E-state index contributed by atoms with van der Waals surface area (Å²) >= 11 is 6.46. The van der Waals surface area contributed by atoms with E-state index < -0.39 is 0 Å². The van der Waals surface area contributed by atoms with E-state index in [0.717, 1.165) is 42.1 Å². The number of halogens is 1. The molecule has 1 aliphatic heterocycles. The smallest absolute Gasteiger partial charge is 0.227 e. The number of benzene rings is 2. The van der Waals surface area contributed by atoms with Crippen molar-refractivity contribution in [3.63, 3.8) is 0 Å². The Hall–Kier alpha value is -3.10. The first-order valence-electron chi connectivity index (χ1n) is 11.4. The molecule has 1 amide bonds. The summed E-state index contributed by atoms with van der Waals surface area (Å²) in [6, 6.07) is 13.3. The van der Waals surface area contributed by atoms with Gasteiger partial charge in [0.25, 0.3) is 0 Å². The van der Waals surface area contributed by atoms with Gasteiger partial charge < -0.3 is 19.3 Å². The fourth-order valence-electron chi connectivity index (χ4n) is 4.20. The number of ether oxygens (including phenoxy) is 2. The Labute approximate surface area is 204 Å². The Morgan fingerprint density at radius 3 is 2.65 bits per heavy atom. The van der Waals surface area contributed by atoms with Crippen molar-refractivity contribution in [3.05, 3.63) is 58.9 Å². The Kier molecular flexibility index (Phi) is 8.03. The molecule has 1 fully saturated rings. The molecule has 1 aromatic heterocycles. The third-order valence-corrected chi connectivity index (χ3v) is 6.36. The quantitative estimate of drug-likeness (QED) is 0.459. The highest BCUT2D eigenvalue weighted by Gasteiger charge is 2.25. The number of methoxy groups -OCH3 is 2. The molecule has 34 heavy (non-hydrogen) atoms. The van der Waals surface area contributed by atoms with Crippen LogP contribution in [0.2, 0.25) is 5.02 Å². The van der Waals surface area contributed by atoms with Gasteiger partial charge in [-0.1, -0.05) is 35.0 Å². The number of hydrogen-bond donors (Lipinski definition) is 1. The number of amides is 1. The number of carbonyl (C=O) groups is 1. The average Bonchev–Trinajstić information content (AvgIpc) is 3.56. The monoisotopic (exact) mass is 484 g/mol. The van der Waals surface area contributed by atoms with Gasteiger partial charge in [-0.15, -0.1) is 0 Å². The summed E-state index contributed by atoms with van der Waals surface area (Å²) in [7, 11) is 3.15. The van der Waals surface area contributed by atoms with Crippen molar-refractivity contribution in [3.8, 4) is 22.9 Å². The van der Waals surface area contributed by atoms with Crippen molar-refractivity contribution < 1.29 is 18.8 Å². The molecular formula is C25H29ClN4O4. The largest absolute Gasteiger partial charge is 0.493 e. The van der Waals surface area contributed by atoms with E-state index in [2.05, 4.69) is 20.4 Å². The van der Waals surface area contributed by atoms with E-state index in [1.165, 1.54) is 0 Å². The number of likely N-dealkylation sites (tertiary alicyclic amines) is 1. The van der Waals surface area contributed by atoms with E-state index in [1.54, 1.807) is 26.4 Å². The zero-order chi connectivity index (χ0) is 23.9.